The Morgan fingerprint density at radius 3 is 2.71 bits per heavy atom. The van der Waals surface area contributed by atoms with Gasteiger partial charge in [-0.1, -0.05) is 0 Å². The monoisotopic (exact) mass is 395 g/mol. The second-order valence-electron chi connectivity index (χ2n) is 4.51. The van der Waals surface area contributed by atoms with Crippen molar-refractivity contribution < 1.29 is 4.39 Å². The Kier molecular flexibility index (Phi) is 3.82. The molecule has 7 heteroatoms. The summed E-state index contributed by atoms with van der Waals surface area (Å²) in [6.07, 6.45) is 0. The number of nitrogens with zero attached hydrogens (tertiary/aromatic N) is 3. The number of tetrazole rings is 1. The Morgan fingerprint density at radius 1 is 1.14 bits per heavy atom. The lowest BCUT2D eigenvalue weighted by Crippen LogP contribution is -1.97. The van der Waals surface area contributed by atoms with Crippen LogP contribution in [0.25, 0.3) is 11.4 Å². The molecule has 2 N–H and O–H groups in total. The van der Waals surface area contributed by atoms with Crippen LogP contribution in [0.3, 0.4) is 0 Å². The van der Waals surface area contributed by atoms with Gasteiger partial charge in [-0.3, -0.25) is 0 Å². The van der Waals surface area contributed by atoms with Crippen molar-refractivity contribution in [2.75, 3.05) is 5.32 Å². The van der Waals surface area contributed by atoms with Crippen molar-refractivity contribution >= 4 is 34.0 Å². The number of benzene rings is 2. The van der Waals surface area contributed by atoms with E-state index in [0.29, 0.717) is 17.1 Å². The van der Waals surface area contributed by atoms with Gasteiger partial charge in [-0.25, -0.2) is 4.39 Å². The SMILES string of the molecule is Cc1cc(I)ccc1Nc1cc(F)ccc1-c1nn[nH]n1. The molecule has 1 aromatic heterocycles. The summed E-state index contributed by atoms with van der Waals surface area (Å²) in [6.45, 7) is 2.00. The topological polar surface area (TPSA) is 66.5 Å². The van der Waals surface area contributed by atoms with Gasteiger partial charge in [-0.05, 0) is 76.7 Å². The zero-order chi connectivity index (χ0) is 14.8. The molecule has 21 heavy (non-hydrogen) atoms. The van der Waals surface area contributed by atoms with Gasteiger partial charge in [0.15, 0.2) is 0 Å². The van der Waals surface area contributed by atoms with Crippen LogP contribution in [0.1, 0.15) is 5.56 Å². The number of aromatic amines is 1. The first-order valence-corrected chi connectivity index (χ1v) is 7.28. The van der Waals surface area contributed by atoms with E-state index in [1.807, 2.05) is 19.1 Å². The molecule has 0 unspecified atom stereocenters. The van der Waals surface area contributed by atoms with Crippen molar-refractivity contribution in [1.29, 1.82) is 0 Å². The second-order valence-corrected chi connectivity index (χ2v) is 5.76. The predicted octanol–water partition coefficient (Wildman–Crippen LogP) is 3.66. The van der Waals surface area contributed by atoms with E-state index in [2.05, 4.69) is 54.6 Å². The number of rotatable bonds is 3. The fraction of sp³-hybridized carbons (Fsp3) is 0.0714. The molecular weight excluding hydrogens is 384 g/mol. The Bertz CT molecular complexity index is 773. The standard InChI is InChI=1S/C14H11FIN5/c1-8-6-10(16)3-5-12(8)17-13-7-9(15)2-4-11(13)14-18-20-21-19-14/h2-7,17H,1H3,(H,18,19,20,21). The number of hydrogen-bond donors (Lipinski definition) is 2. The molecule has 0 bridgehead atoms. The Labute approximate surface area is 134 Å². The lowest BCUT2D eigenvalue weighted by molar-refractivity contribution is 0.628. The molecule has 0 saturated heterocycles. The lowest BCUT2D eigenvalue weighted by Gasteiger charge is -2.12. The molecule has 0 fully saturated rings. The van der Waals surface area contributed by atoms with Gasteiger partial charge in [0.1, 0.15) is 5.82 Å². The van der Waals surface area contributed by atoms with Gasteiger partial charge >= 0.3 is 0 Å². The van der Waals surface area contributed by atoms with Crippen molar-refractivity contribution in [2.24, 2.45) is 0 Å². The minimum atomic E-state index is -0.326. The lowest BCUT2D eigenvalue weighted by atomic mass is 10.1. The fourth-order valence-electron chi connectivity index (χ4n) is 2.00. The van der Waals surface area contributed by atoms with Crippen LogP contribution in [0.15, 0.2) is 36.4 Å². The van der Waals surface area contributed by atoms with Crippen LogP contribution in [0.4, 0.5) is 15.8 Å². The first-order chi connectivity index (χ1) is 10.1. The first-order valence-electron chi connectivity index (χ1n) is 6.20. The summed E-state index contributed by atoms with van der Waals surface area (Å²) in [6, 6.07) is 10.4. The molecule has 0 radical (unpaired) electrons. The third-order valence-corrected chi connectivity index (χ3v) is 3.70. The van der Waals surface area contributed by atoms with Crippen LogP contribution in [-0.4, -0.2) is 20.6 Å². The van der Waals surface area contributed by atoms with Crippen LogP contribution in [0.5, 0.6) is 0 Å². The molecule has 0 aliphatic carbocycles. The molecule has 0 spiro atoms. The number of anilines is 2. The summed E-state index contributed by atoms with van der Waals surface area (Å²) in [4.78, 5) is 0. The van der Waals surface area contributed by atoms with Crippen molar-refractivity contribution in [2.45, 2.75) is 6.92 Å². The number of aromatic nitrogens is 4. The highest BCUT2D eigenvalue weighted by molar-refractivity contribution is 14.1. The highest BCUT2D eigenvalue weighted by Crippen LogP contribution is 2.30. The Hall–Kier alpha value is -2.03. The number of nitrogens with one attached hydrogen (secondary N) is 2. The summed E-state index contributed by atoms with van der Waals surface area (Å²) < 4.78 is 14.7. The van der Waals surface area contributed by atoms with Crippen molar-refractivity contribution in [1.82, 2.24) is 20.6 Å². The molecule has 3 aromatic rings. The number of hydrogen-bond acceptors (Lipinski definition) is 4. The largest absolute Gasteiger partial charge is 0.355 e. The third-order valence-electron chi connectivity index (χ3n) is 3.03. The minimum absolute atomic E-state index is 0.326. The van der Waals surface area contributed by atoms with Crippen molar-refractivity contribution in [3.8, 4) is 11.4 Å². The number of aryl methyl sites for hydroxylation is 1. The molecule has 5 nitrogen and oxygen atoms in total. The molecular formula is C14H11FIN5. The Balaban J connectivity index is 2.03. The van der Waals surface area contributed by atoms with Crippen molar-refractivity contribution in [3.05, 3.63) is 51.3 Å². The van der Waals surface area contributed by atoms with Gasteiger partial charge in [-0.15, -0.1) is 10.2 Å². The highest BCUT2D eigenvalue weighted by atomic mass is 127. The van der Waals surface area contributed by atoms with E-state index >= 15 is 0 Å². The normalized spacial score (nSPS) is 10.6. The Morgan fingerprint density at radius 2 is 2.00 bits per heavy atom. The summed E-state index contributed by atoms with van der Waals surface area (Å²) in [5, 5.41) is 17.1. The molecule has 106 valence electrons. The van der Waals surface area contributed by atoms with Gasteiger partial charge in [0.25, 0.3) is 0 Å². The summed E-state index contributed by atoms with van der Waals surface area (Å²) in [7, 11) is 0. The molecule has 0 amide bonds. The van der Waals surface area contributed by atoms with E-state index in [9.17, 15) is 4.39 Å². The molecule has 0 aliphatic heterocycles. The smallest absolute Gasteiger partial charge is 0.206 e. The van der Waals surface area contributed by atoms with Gasteiger partial charge in [-0.2, -0.15) is 5.21 Å². The summed E-state index contributed by atoms with van der Waals surface area (Å²) in [5.41, 5.74) is 3.26. The number of halogens is 2. The quantitative estimate of drug-likeness (QED) is 0.665. The first kappa shape index (κ1) is 13.9. The van der Waals surface area contributed by atoms with E-state index < -0.39 is 0 Å². The minimum Gasteiger partial charge on any atom is -0.355 e. The molecule has 1 heterocycles. The predicted molar refractivity (Wildman–Crippen MR) is 86.8 cm³/mol. The molecule has 2 aromatic carbocycles. The highest BCUT2D eigenvalue weighted by Gasteiger charge is 2.11. The van der Waals surface area contributed by atoms with Crippen LogP contribution in [0.2, 0.25) is 0 Å². The second kappa shape index (κ2) is 5.76. The molecule has 0 aliphatic rings. The van der Waals surface area contributed by atoms with E-state index in [0.717, 1.165) is 14.8 Å². The maximum Gasteiger partial charge on any atom is 0.206 e. The molecule has 0 saturated carbocycles. The van der Waals surface area contributed by atoms with Crippen LogP contribution < -0.4 is 5.32 Å². The maximum atomic E-state index is 13.6. The average molecular weight is 395 g/mol. The van der Waals surface area contributed by atoms with Crippen LogP contribution in [-0.2, 0) is 0 Å². The van der Waals surface area contributed by atoms with Crippen LogP contribution >= 0.6 is 22.6 Å². The van der Waals surface area contributed by atoms with Crippen molar-refractivity contribution in [3.63, 3.8) is 0 Å². The third kappa shape index (κ3) is 3.02. The van der Waals surface area contributed by atoms with E-state index in [1.54, 1.807) is 6.07 Å². The summed E-state index contributed by atoms with van der Waals surface area (Å²) in [5.74, 6) is 0.0913. The zero-order valence-electron chi connectivity index (χ0n) is 11.1. The van der Waals surface area contributed by atoms with E-state index in [1.165, 1.54) is 12.1 Å². The summed E-state index contributed by atoms with van der Waals surface area (Å²) >= 11 is 2.25. The van der Waals surface area contributed by atoms with Gasteiger partial charge in [0.05, 0.1) is 5.69 Å². The average Bonchev–Trinajstić information content (AvgIpc) is 2.96. The zero-order valence-corrected chi connectivity index (χ0v) is 13.2. The molecule has 3 rings (SSSR count). The van der Waals surface area contributed by atoms with E-state index in [4.69, 9.17) is 0 Å². The van der Waals surface area contributed by atoms with Gasteiger partial charge in [0, 0.05) is 14.8 Å². The fourth-order valence-corrected chi connectivity index (χ4v) is 2.65. The number of H-pyrrole nitrogens is 1. The van der Waals surface area contributed by atoms with Gasteiger partial charge in [0.2, 0.25) is 5.82 Å². The maximum absolute atomic E-state index is 13.6. The van der Waals surface area contributed by atoms with Gasteiger partial charge < -0.3 is 5.32 Å². The van der Waals surface area contributed by atoms with Crippen LogP contribution in [0, 0.1) is 16.3 Å². The van der Waals surface area contributed by atoms with E-state index in [-0.39, 0.29) is 5.82 Å². The molecule has 0 atom stereocenters.